The molecule has 0 radical (unpaired) electrons. The van der Waals surface area contributed by atoms with Gasteiger partial charge in [0.05, 0.1) is 26.4 Å². The summed E-state index contributed by atoms with van der Waals surface area (Å²) in [6.07, 6.45) is 127. The van der Waals surface area contributed by atoms with E-state index in [9.17, 15) is 43.5 Å². The Morgan fingerprint density at radius 1 is 0.236 bits per heavy atom. The molecule has 123 heavy (non-hydrogen) atoms. The predicted octanol–water partition coefficient (Wildman–Crippen LogP) is 30.8. The van der Waals surface area contributed by atoms with Crippen LogP contribution >= 0.6 is 15.6 Å². The van der Waals surface area contributed by atoms with Gasteiger partial charge in [0.1, 0.15) is 25.4 Å². The highest BCUT2D eigenvalue weighted by Crippen LogP contribution is 2.45. The summed E-state index contributed by atoms with van der Waals surface area (Å²) in [4.78, 5) is 59.1. The minimum absolute atomic E-state index is 0.0460. The van der Waals surface area contributed by atoms with Crippen molar-refractivity contribution in [2.75, 3.05) is 39.6 Å². The van der Waals surface area contributed by atoms with Crippen molar-refractivity contribution in [1.82, 2.24) is 0 Å². The molecule has 0 aliphatic heterocycles. The number of carbonyl (C=O) groups is 3. The molecule has 0 aromatic rings. The Morgan fingerprint density at radius 2 is 0.431 bits per heavy atom. The summed E-state index contributed by atoms with van der Waals surface area (Å²) >= 11 is 0. The van der Waals surface area contributed by atoms with Gasteiger partial charge in [0.25, 0.3) is 0 Å². The molecule has 0 spiro atoms. The molecule has 0 fully saturated rings. The molecule has 0 rings (SSSR count). The Labute approximate surface area is 751 Å². The van der Waals surface area contributed by atoms with E-state index < -0.39 is 91.5 Å². The fourth-order valence-electron chi connectivity index (χ4n) is 13.2. The van der Waals surface area contributed by atoms with Gasteiger partial charge in [0.15, 0.2) is 6.10 Å². The van der Waals surface area contributed by atoms with Gasteiger partial charge < -0.3 is 34.2 Å². The number of unbranched alkanes of at least 4 members (excludes halogenated alkanes) is 39. The van der Waals surface area contributed by atoms with Gasteiger partial charge in [-0.3, -0.25) is 32.5 Å². The maximum Gasteiger partial charge on any atom is 0.472 e. The smallest absolute Gasteiger partial charge is 0.463 e. The summed E-state index contributed by atoms with van der Waals surface area (Å²) in [5, 5.41) is 20.8. The highest BCUT2D eigenvalue weighted by atomic mass is 31.2. The second-order valence-electron chi connectivity index (χ2n) is 32.5. The van der Waals surface area contributed by atoms with Crippen molar-refractivity contribution in [1.29, 1.82) is 0 Å². The van der Waals surface area contributed by atoms with Crippen molar-refractivity contribution in [3.63, 3.8) is 0 Å². The number of hydrogen-bond acceptors (Lipinski definition) is 14. The predicted molar refractivity (Wildman–Crippen MR) is 518 cm³/mol. The third-order valence-electron chi connectivity index (χ3n) is 20.6. The molecule has 16 nitrogen and oxygen atoms in total. The number of allylic oxidation sites excluding steroid dienone is 30. The van der Waals surface area contributed by atoms with E-state index in [2.05, 4.69) is 203 Å². The maximum atomic E-state index is 13.1. The molecule has 18 heteroatoms. The largest absolute Gasteiger partial charge is 0.472 e. The average molecular weight is 1760 g/mol. The van der Waals surface area contributed by atoms with Crippen LogP contribution in [0, 0.1) is 0 Å². The summed E-state index contributed by atoms with van der Waals surface area (Å²) in [5.74, 6) is -1.62. The van der Waals surface area contributed by atoms with Crippen molar-refractivity contribution in [2.24, 2.45) is 0 Å². The number of phosphoric acid groups is 2. The van der Waals surface area contributed by atoms with Crippen LogP contribution in [0.3, 0.4) is 0 Å². The second kappa shape index (κ2) is 95.7. The molecule has 0 saturated heterocycles. The van der Waals surface area contributed by atoms with Gasteiger partial charge in [-0.2, -0.15) is 0 Å². The number of aliphatic hydroxyl groups is 2. The number of ether oxygens (including phenoxy) is 3. The molecule has 0 aromatic heterocycles. The van der Waals surface area contributed by atoms with E-state index in [0.29, 0.717) is 25.7 Å². The molecule has 0 amide bonds. The number of esters is 3. The Balaban J connectivity index is 4.57. The Morgan fingerprint density at radius 3 is 0.699 bits per heavy atom. The van der Waals surface area contributed by atoms with Crippen LogP contribution in [0.15, 0.2) is 182 Å². The molecule has 0 aliphatic rings. The van der Waals surface area contributed by atoms with E-state index in [1.54, 1.807) is 0 Å². The van der Waals surface area contributed by atoms with E-state index in [1.807, 2.05) is 0 Å². The van der Waals surface area contributed by atoms with Gasteiger partial charge in [-0.05, 0) is 161 Å². The summed E-state index contributed by atoms with van der Waals surface area (Å²) in [6, 6.07) is 0. The molecule has 0 heterocycles. The lowest BCUT2D eigenvalue weighted by Crippen LogP contribution is -2.30. The summed E-state index contributed by atoms with van der Waals surface area (Å²) in [5.41, 5.74) is 0. The van der Waals surface area contributed by atoms with Gasteiger partial charge in [0.2, 0.25) is 0 Å². The lowest BCUT2D eigenvalue weighted by atomic mass is 10.0. The van der Waals surface area contributed by atoms with Crippen molar-refractivity contribution in [3.05, 3.63) is 182 Å². The summed E-state index contributed by atoms with van der Waals surface area (Å²) in [7, 11) is -9.83. The molecule has 0 aromatic carbocycles. The van der Waals surface area contributed by atoms with Crippen LogP contribution in [0.4, 0.5) is 0 Å². The van der Waals surface area contributed by atoms with E-state index in [0.717, 1.165) is 135 Å². The first kappa shape index (κ1) is 118. The van der Waals surface area contributed by atoms with Gasteiger partial charge in [-0.15, -0.1) is 0 Å². The molecule has 4 N–H and O–H groups in total. The fraction of sp³-hybridized carbons (Fsp3) is 0.686. The van der Waals surface area contributed by atoms with Crippen LogP contribution < -0.4 is 0 Å². The molecular formula is C105H178O16P2. The second-order valence-corrected chi connectivity index (χ2v) is 35.4. The first-order chi connectivity index (χ1) is 60.2. The van der Waals surface area contributed by atoms with E-state index in [4.69, 9.17) is 32.3 Å². The topological polar surface area (TPSA) is 231 Å². The highest BCUT2D eigenvalue weighted by molar-refractivity contribution is 7.47. The van der Waals surface area contributed by atoms with Crippen LogP contribution in [0.2, 0.25) is 0 Å². The average Bonchev–Trinajstić information content (AvgIpc) is 0.896. The van der Waals surface area contributed by atoms with Crippen molar-refractivity contribution in [2.45, 2.75) is 424 Å². The molecule has 5 atom stereocenters. The Kier molecular flexibility index (Phi) is 91.6. The van der Waals surface area contributed by atoms with Crippen LogP contribution in [-0.2, 0) is 55.8 Å². The van der Waals surface area contributed by atoms with E-state index >= 15 is 0 Å². The standard InChI is InChI=1S/C105H178O16P2/c1-4-7-10-13-16-19-22-25-28-31-34-37-39-41-43-45-47-49-51-53-55-57-59-62-64-67-70-73-76-79-82-85-88-91-103(108)115-94-100(106)95-117-122(111,112)118-96-101(107)97-119-123(113,114)120-99-102(121-105(110)93-90-87-84-81-78-75-72-69-66-61-36-33-30-27-24-21-18-15-12-9-6-3)98-116-104(109)92-89-86-83-80-77-74-71-68-65-63-60-58-56-54-52-50-48-46-44-42-40-38-35-32-29-26-23-20-17-14-11-8-5-2/h7,9-10,12,16-21,25-30,34-38,41-44,61,69,72,78,81,100-102,106-107H,4-6,8,11,13-15,22-24,31-33,39-40,45-60,62-68,70-71,73-77,79-80,82-99H2,1-3H3,(H,111,112)(H,113,114)/b10-7-,12-9-,19-16-,20-17-,21-18-,28-25-,29-26-,30-27-,37-34-,38-35-,43-41-,44-42-,61-36-,72-69-,81-78-. The summed E-state index contributed by atoms with van der Waals surface area (Å²) in [6.45, 7) is 2.42. The summed E-state index contributed by atoms with van der Waals surface area (Å²) < 4.78 is 61.5. The molecule has 0 aliphatic carbocycles. The van der Waals surface area contributed by atoms with Gasteiger partial charge in [0, 0.05) is 19.3 Å². The number of carbonyl (C=O) groups excluding carboxylic acids is 3. The normalized spacial score (nSPS) is 14.5. The Bertz CT molecular complexity index is 2970. The SMILES string of the molecule is CC/C=C\C/C=C\C/C=C\C/C=C\C/C=C\C/C=C\CCCCC(=O)OC(COC(=O)CCCCCCCCCCCCCCCCCCC/C=C\C/C=C\C/C=C\C/C=C\CCCCC)COP(=O)(O)OCC(O)COP(=O)(O)OCC(O)COC(=O)CCCCCCCCCCCCCCCCCCC/C=C\C/C=C\C/C=C\C/C=C\C/C=C\CC. The molecule has 5 unspecified atom stereocenters. The third kappa shape index (κ3) is 97.1. The first-order valence-electron chi connectivity index (χ1n) is 49.1. The maximum absolute atomic E-state index is 13.1. The van der Waals surface area contributed by atoms with Gasteiger partial charge in [-0.1, -0.05) is 409 Å². The van der Waals surface area contributed by atoms with Crippen LogP contribution in [0.5, 0.6) is 0 Å². The van der Waals surface area contributed by atoms with Gasteiger partial charge in [-0.25, -0.2) is 9.13 Å². The number of phosphoric ester groups is 2. The monoisotopic (exact) mass is 1760 g/mol. The van der Waals surface area contributed by atoms with Crippen molar-refractivity contribution in [3.8, 4) is 0 Å². The van der Waals surface area contributed by atoms with Crippen LogP contribution in [0.25, 0.3) is 0 Å². The minimum atomic E-state index is -4.96. The molecular weight excluding hydrogens is 1580 g/mol. The quantitative estimate of drug-likeness (QED) is 0.0146. The lowest BCUT2D eigenvalue weighted by Gasteiger charge is -2.21. The number of hydrogen-bond donors (Lipinski definition) is 4. The van der Waals surface area contributed by atoms with Gasteiger partial charge >= 0.3 is 33.6 Å². The molecule has 0 saturated carbocycles. The Hall–Kier alpha value is -5.35. The number of rotatable bonds is 92. The zero-order chi connectivity index (χ0) is 89.3. The molecule has 704 valence electrons. The van der Waals surface area contributed by atoms with Crippen LogP contribution in [0.1, 0.15) is 406 Å². The third-order valence-corrected chi connectivity index (χ3v) is 22.5. The fourth-order valence-corrected chi connectivity index (χ4v) is 14.8. The highest BCUT2D eigenvalue weighted by Gasteiger charge is 2.30. The van der Waals surface area contributed by atoms with E-state index in [1.165, 1.54) is 205 Å². The zero-order valence-corrected chi connectivity index (χ0v) is 79.6. The van der Waals surface area contributed by atoms with Crippen molar-refractivity contribution < 1.29 is 75.8 Å². The first-order valence-corrected chi connectivity index (χ1v) is 52.1. The molecule has 0 bridgehead atoms. The van der Waals surface area contributed by atoms with Crippen LogP contribution in [-0.4, -0.2) is 95.9 Å². The number of aliphatic hydroxyl groups excluding tert-OH is 2. The zero-order valence-electron chi connectivity index (χ0n) is 77.8. The van der Waals surface area contributed by atoms with Crippen molar-refractivity contribution >= 4 is 33.6 Å². The van der Waals surface area contributed by atoms with E-state index in [-0.39, 0.29) is 19.3 Å². The lowest BCUT2D eigenvalue weighted by molar-refractivity contribution is -0.161. The minimum Gasteiger partial charge on any atom is -0.463 e.